The van der Waals surface area contributed by atoms with Crippen molar-refractivity contribution in [3.8, 4) is 5.75 Å². The number of aliphatic hydroxyl groups is 1. The molecule has 1 unspecified atom stereocenters. The Kier molecular flexibility index (Phi) is 5.90. The predicted molar refractivity (Wildman–Crippen MR) is 65.7 cm³/mol. The standard InChI is InChI=1S/C13H21NO2/c1-3-8-14-10-13(15)11-6-5-7-12(9-11)16-4-2/h5-7,9,13-15H,3-4,8,10H2,1-2H3. The molecule has 0 saturated carbocycles. The van der Waals surface area contributed by atoms with Crippen LogP contribution in [0.3, 0.4) is 0 Å². The third-order valence-corrected chi connectivity index (χ3v) is 2.32. The zero-order valence-electron chi connectivity index (χ0n) is 10.1. The minimum atomic E-state index is -0.466. The van der Waals surface area contributed by atoms with Crippen molar-refractivity contribution >= 4 is 0 Å². The molecule has 1 atom stereocenters. The van der Waals surface area contributed by atoms with Crippen molar-refractivity contribution in [1.82, 2.24) is 5.32 Å². The molecule has 0 radical (unpaired) electrons. The molecule has 2 N–H and O–H groups in total. The summed E-state index contributed by atoms with van der Waals surface area (Å²) in [4.78, 5) is 0. The maximum Gasteiger partial charge on any atom is 0.119 e. The van der Waals surface area contributed by atoms with Gasteiger partial charge in [-0.25, -0.2) is 0 Å². The molecule has 90 valence electrons. The monoisotopic (exact) mass is 223 g/mol. The lowest BCUT2D eigenvalue weighted by Crippen LogP contribution is -2.22. The van der Waals surface area contributed by atoms with E-state index in [1.165, 1.54) is 0 Å². The summed E-state index contributed by atoms with van der Waals surface area (Å²) in [6.45, 7) is 6.22. The molecule has 0 amide bonds. The lowest BCUT2D eigenvalue weighted by atomic mass is 10.1. The summed E-state index contributed by atoms with van der Waals surface area (Å²) in [5.74, 6) is 0.814. The maximum absolute atomic E-state index is 9.92. The van der Waals surface area contributed by atoms with Gasteiger partial charge in [0.25, 0.3) is 0 Å². The molecule has 0 aliphatic rings. The van der Waals surface area contributed by atoms with Crippen molar-refractivity contribution in [3.05, 3.63) is 29.8 Å². The molecule has 0 spiro atoms. The predicted octanol–water partition coefficient (Wildman–Crippen LogP) is 2.12. The molecule has 1 rings (SSSR count). The highest BCUT2D eigenvalue weighted by Gasteiger charge is 2.07. The van der Waals surface area contributed by atoms with Gasteiger partial charge in [-0.1, -0.05) is 19.1 Å². The summed E-state index contributed by atoms with van der Waals surface area (Å²) in [5.41, 5.74) is 0.898. The molecule has 1 aromatic rings. The Balaban J connectivity index is 2.53. The highest BCUT2D eigenvalue weighted by atomic mass is 16.5. The van der Waals surface area contributed by atoms with Crippen LogP contribution in [0.5, 0.6) is 5.75 Å². The van der Waals surface area contributed by atoms with Crippen LogP contribution < -0.4 is 10.1 Å². The van der Waals surface area contributed by atoms with Crippen LogP contribution in [0.15, 0.2) is 24.3 Å². The Hall–Kier alpha value is -1.06. The summed E-state index contributed by atoms with van der Waals surface area (Å²) < 4.78 is 5.39. The average molecular weight is 223 g/mol. The van der Waals surface area contributed by atoms with Gasteiger partial charge in [0.1, 0.15) is 5.75 Å². The first-order valence-corrected chi connectivity index (χ1v) is 5.89. The molecule has 0 heterocycles. The van der Waals surface area contributed by atoms with E-state index in [2.05, 4.69) is 12.2 Å². The zero-order valence-corrected chi connectivity index (χ0v) is 10.1. The van der Waals surface area contributed by atoms with Crippen LogP contribution in [0.2, 0.25) is 0 Å². The smallest absolute Gasteiger partial charge is 0.119 e. The number of nitrogens with one attached hydrogen (secondary N) is 1. The van der Waals surface area contributed by atoms with E-state index in [1.807, 2.05) is 31.2 Å². The van der Waals surface area contributed by atoms with Gasteiger partial charge in [-0.15, -0.1) is 0 Å². The van der Waals surface area contributed by atoms with E-state index < -0.39 is 6.10 Å². The highest BCUT2D eigenvalue weighted by molar-refractivity contribution is 5.30. The largest absolute Gasteiger partial charge is 0.494 e. The van der Waals surface area contributed by atoms with E-state index in [-0.39, 0.29) is 0 Å². The third kappa shape index (κ3) is 4.21. The second kappa shape index (κ2) is 7.25. The Labute approximate surface area is 97.4 Å². The van der Waals surface area contributed by atoms with Crippen molar-refractivity contribution in [2.75, 3.05) is 19.7 Å². The second-order valence-electron chi connectivity index (χ2n) is 3.73. The van der Waals surface area contributed by atoms with E-state index in [0.717, 1.165) is 24.3 Å². The lowest BCUT2D eigenvalue weighted by molar-refractivity contribution is 0.174. The van der Waals surface area contributed by atoms with Crippen LogP contribution in [0, 0.1) is 0 Å². The van der Waals surface area contributed by atoms with Gasteiger partial charge >= 0.3 is 0 Å². The van der Waals surface area contributed by atoms with Crippen molar-refractivity contribution < 1.29 is 9.84 Å². The van der Waals surface area contributed by atoms with E-state index in [4.69, 9.17) is 4.74 Å². The molecule has 0 aliphatic carbocycles. The quantitative estimate of drug-likeness (QED) is 0.696. The summed E-state index contributed by atoms with van der Waals surface area (Å²) in [7, 11) is 0. The van der Waals surface area contributed by atoms with Crippen LogP contribution >= 0.6 is 0 Å². The van der Waals surface area contributed by atoms with Gasteiger partial charge in [0, 0.05) is 6.54 Å². The molecule has 3 heteroatoms. The van der Waals surface area contributed by atoms with Gasteiger partial charge in [-0.2, -0.15) is 0 Å². The molecular formula is C13H21NO2. The van der Waals surface area contributed by atoms with Crippen molar-refractivity contribution in [1.29, 1.82) is 0 Å². The SMILES string of the molecule is CCCNCC(O)c1cccc(OCC)c1. The van der Waals surface area contributed by atoms with Gasteiger partial charge in [0.2, 0.25) is 0 Å². The average Bonchev–Trinajstić information content (AvgIpc) is 2.30. The molecule has 0 aliphatic heterocycles. The number of rotatable bonds is 7. The molecular weight excluding hydrogens is 202 g/mol. The first-order valence-electron chi connectivity index (χ1n) is 5.89. The molecule has 0 saturated heterocycles. The van der Waals surface area contributed by atoms with E-state index >= 15 is 0 Å². The molecule has 0 fully saturated rings. The van der Waals surface area contributed by atoms with Gasteiger partial charge in [0.15, 0.2) is 0 Å². The number of hydrogen-bond acceptors (Lipinski definition) is 3. The summed E-state index contributed by atoms with van der Waals surface area (Å²) in [6, 6.07) is 7.62. The number of ether oxygens (including phenoxy) is 1. The Morgan fingerprint density at radius 3 is 2.88 bits per heavy atom. The fourth-order valence-corrected chi connectivity index (χ4v) is 1.51. The minimum absolute atomic E-state index is 0.466. The van der Waals surface area contributed by atoms with Crippen LogP contribution in [0.1, 0.15) is 31.9 Å². The summed E-state index contributed by atoms with van der Waals surface area (Å²) >= 11 is 0. The van der Waals surface area contributed by atoms with E-state index in [9.17, 15) is 5.11 Å². The number of benzene rings is 1. The highest BCUT2D eigenvalue weighted by Crippen LogP contribution is 2.18. The van der Waals surface area contributed by atoms with E-state index in [0.29, 0.717) is 13.2 Å². The molecule has 3 nitrogen and oxygen atoms in total. The number of hydrogen-bond donors (Lipinski definition) is 2. The normalized spacial score (nSPS) is 12.4. The number of aliphatic hydroxyl groups excluding tert-OH is 1. The van der Waals surface area contributed by atoms with Crippen LogP contribution in [0.25, 0.3) is 0 Å². The van der Waals surface area contributed by atoms with Crippen LogP contribution in [-0.4, -0.2) is 24.8 Å². The second-order valence-corrected chi connectivity index (χ2v) is 3.73. The van der Waals surface area contributed by atoms with Crippen molar-refractivity contribution in [2.45, 2.75) is 26.4 Å². The van der Waals surface area contributed by atoms with Crippen molar-refractivity contribution in [3.63, 3.8) is 0 Å². The molecule has 0 aromatic heterocycles. The fraction of sp³-hybridized carbons (Fsp3) is 0.538. The Morgan fingerprint density at radius 2 is 2.19 bits per heavy atom. The lowest BCUT2D eigenvalue weighted by Gasteiger charge is -2.13. The van der Waals surface area contributed by atoms with E-state index in [1.54, 1.807) is 0 Å². The van der Waals surface area contributed by atoms with Gasteiger partial charge < -0.3 is 15.2 Å². The minimum Gasteiger partial charge on any atom is -0.494 e. The van der Waals surface area contributed by atoms with Gasteiger partial charge in [0.05, 0.1) is 12.7 Å². The third-order valence-electron chi connectivity index (χ3n) is 2.32. The van der Waals surface area contributed by atoms with Crippen molar-refractivity contribution in [2.24, 2.45) is 0 Å². The Morgan fingerprint density at radius 1 is 1.38 bits per heavy atom. The van der Waals surface area contributed by atoms with Crippen LogP contribution in [-0.2, 0) is 0 Å². The van der Waals surface area contributed by atoms with Gasteiger partial charge in [-0.3, -0.25) is 0 Å². The first kappa shape index (κ1) is 13.0. The first-order chi connectivity index (χ1) is 7.77. The van der Waals surface area contributed by atoms with Gasteiger partial charge in [-0.05, 0) is 37.6 Å². The maximum atomic E-state index is 9.92. The Bertz CT molecular complexity index is 302. The van der Waals surface area contributed by atoms with Crippen LogP contribution in [0.4, 0.5) is 0 Å². The summed E-state index contributed by atoms with van der Waals surface area (Å²) in [5, 5.41) is 13.1. The zero-order chi connectivity index (χ0) is 11.8. The fourth-order valence-electron chi connectivity index (χ4n) is 1.51. The topological polar surface area (TPSA) is 41.5 Å². The molecule has 16 heavy (non-hydrogen) atoms. The summed E-state index contributed by atoms with van der Waals surface area (Å²) in [6.07, 6.45) is 0.609. The molecule has 0 bridgehead atoms. The molecule has 1 aromatic carbocycles.